The maximum absolute atomic E-state index is 12.5. The van der Waals surface area contributed by atoms with Crippen molar-refractivity contribution in [2.75, 3.05) is 19.8 Å². The van der Waals surface area contributed by atoms with Crippen molar-refractivity contribution in [1.29, 1.82) is 0 Å². The number of carbonyl (C=O) groups excluding carboxylic acids is 2. The molecule has 4 N–H and O–H groups in total. The zero-order valence-electron chi connectivity index (χ0n) is 28.4. The van der Waals surface area contributed by atoms with Gasteiger partial charge in [0.25, 0.3) is 0 Å². The van der Waals surface area contributed by atoms with Crippen LogP contribution >= 0.6 is 7.82 Å². The average Bonchev–Trinajstić information content (AvgIpc) is 3.02. The number of carboxylic acid groups (broad SMARTS) is 1. The normalized spacial score (nSPS) is 14.3. The Morgan fingerprint density at radius 1 is 0.674 bits per heavy atom. The van der Waals surface area contributed by atoms with E-state index in [2.05, 4.69) is 42.7 Å². The number of phosphoric ester groups is 1. The Labute approximate surface area is 277 Å². The quantitative estimate of drug-likeness (QED) is 0.0273. The molecule has 0 rings (SSSR count). The number of hydrogen-bond donors (Lipinski definition) is 3. The van der Waals surface area contributed by atoms with E-state index in [4.69, 9.17) is 24.8 Å². The molecule has 0 aliphatic rings. The zero-order chi connectivity index (χ0) is 34.3. The van der Waals surface area contributed by atoms with Gasteiger partial charge in [0.2, 0.25) is 0 Å². The zero-order valence-corrected chi connectivity index (χ0v) is 29.3. The van der Waals surface area contributed by atoms with Crippen molar-refractivity contribution in [3.05, 3.63) is 24.3 Å². The second-order valence-electron chi connectivity index (χ2n) is 11.7. The number of esters is 2. The summed E-state index contributed by atoms with van der Waals surface area (Å²) in [4.78, 5) is 45.4. The second kappa shape index (κ2) is 30.3. The third-order valence-electron chi connectivity index (χ3n) is 7.20. The molecule has 0 saturated heterocycles. The van der Waals surface area contributed by atoms with Crippen molar-refractivity contribution < 1.29 is 47.5 Å². The van der Waals surface area contributed by atoms with E-state index >= 15 is 0 Å². The molecule has 0 amide bonds. The predicted molar refractivity (Wildman–Crippen MR) is 180 cm³/mol. The van der Waals surface area contributed by atoms with Crippen LogP contribution in [0.1, 0.15) is 142 Å². The number of rotatable bonds is 32. The van der Waals surface area contributed by atoms with Gasteiger partial charge in [0.15, 0.2) is 6.10 Å². The Hall–Kier alpha value is -2.04. The Morgan fingerprint density at radius 3 is 1.72 bits per heavy atom. The van der Waals surface area contributed by atoms with Gasteiger partial charge in [-0.1, -0.05) is 109 Å². The molecule has 0 bridgehead atoms. The van der Waals surface area contributed by atoms with Crippen LogP contribution in [0.2, 0.25) is 0 Å². The number of phosphoric acid groups is 1. The standard InChI is InChI=1S/C34H62NO10P/c1-3-5-7-9-11-12-13-14-15-16-17-18-19-20-22-24-26-33(37)45-30(27-42-32(36)25-23-21-10-8-6-4-2)28-43-46(40,41)44-29-31(35)34(38)39/h12-13,15-16,30-31H,3-11,14,17-29,35H2,1-2H3,(H,38,39)(H,40,41)/b13-12-,16-15-. The molecule has 0 aliphatic carbocycles. The number of nitrogens with two attached hydrogens (primary N) is 1. The first-order valence-electron chi connectivity index (χ1n) is 17.4. The molecule has 3 atom stereocenters. The van der Waals surface area contributed by atoms with Gasteiger partial charge in [-0.3, -0.25) is 23.4 Å². The van der Waals surface area contributed by atoms with Crippen molar-refractivity contribution >= 4 is 25.7 Å². The molecule has 0 saturated carbocycles. The third kappa shape index (κ3) is 29.4. The van der Waals surface area contributed by atoms with Gasteiger partial charge in [0, 0.05) is 12.8 Å². The molecule has 12 heteroatoms. The largest absolute Gasteiger partial charge is 0.480 e. The lowest BCUT2D eigenvalue weighted by Crippen LogP contribution is -2.34. The first-order valence-corrected chi connectivity index (χ1v) is 18.9. The molecule has 3 unspecified atom stereocenters. The molecule has 0 aliphatic heterocycles. The molecule has 0 aromatic rings. The summed E-state index contributed by atoms with van der Waals surface area (Å²) in [7, 11) is -4.70. The smallest absolute Gasteiger partial charge is 0.472 e. The van der Waals surface area contributed by atoms with Crippen molar-refractivity contribution in [1.82, 2.24) is 0 Å². The topological polar surface area (TPSA) is 172 Å². The first kappa shape index (κ1) is 44.0. The lowest BCUT2D eigenvalue weighted by Gasteiger charge is -2.20. The van der Waals surface area contributed by atoms with Gasteiger partial charge in [0.1, 0.15) is 12.6 Å². The van der Waals surface area contributed by atoms with Crippen LogP contribution in [-0.2, 0) is 37.5 Å². The molecular formula is C34H62NO10P. The fourth-order valence-electron chi connectivity index (χ4n) is 4.39. The van der Waals surface area contributed by atoms with E-state index in [1.54, 1.807) is 0 Å². The predicted octanol–water partition coefficient (Wildman–Crippen LogP) is 7.94. The number of aliphatic carboxylic acids is 1. The highest BCUT2D eigenvalue weighted by Gasteiger charge is 2.28. The molecule has 0 fully saturated rings. The van der Waals surface area contributed by atoms with Gasteiger partial charge in [-0.25, -0.2) is 4.57 Å². The van der Waals surface area contributed by atoms with E-state index in [0.717, 1.165) is 77.0 Å². The van der Waals surface area contributed by atoms with Gasteiger partial charge in [-0.05, 0) is 44.9 Å². The van der Waals surface area contributed by atoms with Crippen LogP contribution in [0.4, 0.5) is 0 Å². The van der Waals surface area contributed by atoms with Crippen LogP contribution in [0.5, 0.6) is 0 Å². The van der Waals surface area contributed by atoms with Crippen molar-refractivity contribution in [3.8, 4) is 0 Å². The summed E-state index contributed by atoms with van der Waals surface area (Å²) < 4.78 is 32.3. The Bertz CT molecular complexity index is 895. The molecule has 0 heterocycles. The number of allylic oxidation sites excluding steroid dienone is 4. The van der Waals surface area contributed by atoms with Crippen LogP contribution in [-0.4, -0.2) is 59.9 Å². The number of carbonyl (C=O) groups is 3. The molecule has 0 aromatic heterocycles. The monoisotopic (exact) mass is 675 g/mol. The number of hydrogen-bond acceptors (Lipinski definition) is 9. The summed E-state index contributed by atoms with van der Waals surface area (Å²) in [6.07, 6.45) is 27.2. The summed E-state index contributed by atoms with van der Waals surface area (Å²) in [5.41, 5.74) is 5.29. The van der Waals surface area contributed by atoms with Gasteiger partial charge in [0.05, 0.1) is 13.2 Å². The molecule has 0 aromatic carbocycles. The maximum atomic E-state index is 12.5. The van der Waals surface area contributed by atoms with E-state index < -0.39 is 51.1 Å². The minimum Gasteiger partial charge on any atom is -0.480 e. The average molecular weight is 676 g/mol. The molecule has 268 valence electrons. The molecule has 0 spiro atoms. The van der Waals surface area contributed by atoms with Gasteiger partial charge >= 0.3 is 25.7 Å². The highest BCUT2D eigenvalue weighted by atomic mass is 31.2. The van der Waals surface area contributed by atoms with Crippen molar-refractivity contribution in [3.63, 3.8) is 0 Å². The lowest BCUT2D eigenvalue weighted by atomic mass is 10.1. The third-order valence-corrected chi connectivity index (χ3v) is 8.15. The summed E-state index contributed by atoms with van der Waals surface area (Å²) in [5.74, 6) is -2.41. The Balaban J connectivity index is 4.43. The van der Waals surface area contributed by atoms with Crippen LogP contribution in [0, 0.1) is 0 Å². The highest BCUT2D eigenvalue weighted by molar-refractivity contribution is 7.47. The summed E-state index contributed by atoms with van der Waals surface area (Å²) in [6, 6.07) is -1.52. The lowest BCUT2D eigenvalue weighted by molar-refractivity contribution is -0.161. The van der Waals surface area contributed by atoms with Crippen LogP contribution in [0.3, 0.4) is 0 Å². The maximum Gasteiger partial charge on any atom is 0.472 e. The van der Waals surface area contributed by atoms with Gasteiger partial charge < -0.3 is 25.2 Å². The van der Waals surface area contributed by atoms with E-state index in [0.29, 0.717) is 12.8 Å². The summed E-state index contributed by atoms with van der Waals surface area (Å²) in [5, 5.41) is 8.82. The van der Waals surface area contributed by atoms with Gasteiger partial charge in [-0.2, -0.15) is 0 Å². The van der Waals surface area contributed by atoms with Crippen LogP contribution < -0.4 is 5.73 Å². The SMILES string of the molecule is CCCCCC/C=C\C/C=C\CCCCCCCC(=O)OC(COC(=O)CCCCCCCC)COP(=O)(O)OCC(N)C(=O)O. The fourth-order valence-corrected chi connectivity index (χ4v) is 5.16. The van der Waals surface area contributed by atoms with E-state index in [1.807, 2.05) is 0 Å². The molecule has 0 radical (unpaired) electrons. The minimum absolute atomic E-state index is 0.146. The molecular weight excluding hydrogens is 613 g/mol. The highest BCUT2D eigenvalue weighted by Crippen LogP contribution is 2.43. The number of carboxylic acids is 1. The van der Waals surface area contributed by atoms with Gasteiger partial charge in [-0.15, -0.1) is 0 Å². The summed E-state index contributed by atoms with van der Waals surface area (Å²) in [6.45, 7) is 2.66. The summed E-state index contributed by atoms with van der Waals surface area (Å²) >= 11 is 0. The number of ether oxygens (including phenoxy) is 2. The Kier molecular flexibility index (Phi) is 29.0. The Morgan fingerprint density at radius 2 is 1.15 bits per heavy atom. The minimum atomic E-state index is -4.70. The second-order valence-corrected chi connectivity index (χ2v) is 13.1. The van der Waals surface area contributed by atoms with E-state index in [9.17, 15) is 23.8 Å². The van der Waals surface area contributed by atoms with E-state index in [-0.39, 0.29) is 19.4 Å². The molecule has 11 nitrogen and oxygen atoms in total. The van der Waals surface area contributed by atoms with Crippen LogP contribution in [0.15, 0.2) is 24.3 Å². The van der Waals surface area contributed by atoms with Crippen molar-refractivity contribution in [2.45, 2.75) is 154 Å². The van der Waals surface area contributed by atoms with Crippen LogP contribution in [0.25, 0.3) is 0 Å². The molecule has 46 heavy (non-hydrogen) atoms. The van der Waals surface area contributed by atoms with E-state index in [1.165, 1.54) is 25.7 Å². The fraction of sp³-hybridized carbons (Fsp3) is 0.794. The number of unbranched alkanes of at least 4 members (excludes halogenated alkanes) is 14. The first-order chi connectivity index (χ1) is 22.1. The van der Waals surface area contributed by atoms with Crippen molar-refractivity contribution in [2.24, 2.45) is 5.73 Å².